The molecule has 2 aliphatic rings. The molecule has 0 aromatic heterocycles. The van der Waals surface area contributed by atoms with E-state index in [0.717, 1.165) is 36.1 Å². The van der Waals surface area contributed by atoms with Crippen molar-refractivity contribution < 1.29 is 14.6 Å². The maximum Gasteiger partial charge on any atom is 0.322 e. The molecule has 2 N–H and O–H groups in total. The Bertz CT molecular complexity index is 1290. The normalized spacial score (nSPS) is 21.5. The molecule has 2 aliphatic heterocycles. The van der Waals surface area contributed by atoms with Crippen LogP contribution in [0.2, 0.25) is 0 Å². The number of ether oxygens (including phenoxy) is 1. The van der Waals surface area contributed by atoms with Gasteiger partial charge in [0.25, 0.3) is 0 Å². The van der Waals surface area contributed by atoms with E-state index < -0.39 is 0 Å². The Morgan fingerprint density at radius 3 is 2.59 bits per heavy atom. The Kier molecular flexibility index (Phi) is 7.40. The quantitative estimate of drug-likeness (QED) is 0.535. The van der Waals surface area contributed by atoms with Gasteiger partial charge in [0.2, 0.25) is 0 Å². The third-order valence-electron chi connectivity index (χ3n) is 7.63. The molecule has 7 heteroatoms. The van der Waals surface area contributed by atoms with E-state index in [4.69, 9.17) is 4.74 Å². The number of hydrogen-bond donors (Lipinski definition) is 2. The van der Waals surface area contributed by atoms with Gasteiger partial charge in [-0.1, -0.05) is 48.5 Å². The molecule has 2 fully saturated rings. The number of nitrogens with one attached hydrogen (secondary N) is 1. The highest BCUT2D eigenvalue weighted by Gasteiger charge is 2.49. The molecular weight excluding hydrogens is 464 g/mol. The van der Waals surface area contributed by atoms with E-state index in [1.807, 2.05) is 47.4 Å². The van der Waals surface area contributed by atoms with Gasteiger partial charge in [0.1, 0.15) is 5.75 Å². The summed E-state index contributed by atoms with van der Waals surface area (Å²) in [7, 11) is 1.60. The number of amides is 2. The summed E-state index contributed by atoms with van der Waals surface area (Å²) in [6.07, 6.45) is 1.90. The second kappa shape index (κ2) is 11.0. The lowest BCUT2D eigenvalue weighted by Gasteiger charge is -2.57. The second-order valence-electron chi connectivity index (χ2n) is 9.68. The van der Waals surface area contributed by atoms with E-state index in [1.165, 1.54) is 0 Å². The van der Waals surface area contributed by atoms with Crippen LogP contribution in [0.5, 0.6) is 5.75 Å². The number of anilines is 1. The van der Waals surface area contributed by atoms with Crippen molar-refractivity contribution in [2.24, 2.45) is 0 Å². The minimum absolute atomic E-state index is 0.0370. The second-order valence-corrected chi connectivity index (χ2v) is 9.68. The molecule has 37 heavy (non-hydrogen) atoms. The lowest BCUT2D eigenvalue weighted by atomic mass is 9.74. The first kappa shape index (κ1) is 24.8. The van der Waals surface area contributed by atoms with Crippen LogP contribution in [0.4, 0.5) is 10.5 Å². The van der Waals surface area contributed by atoms with Crippen LogP contribution in [0.15, 0.2) is 72.8 Å². The Hall–Kier alpha value is -3.86. The molecule has 0 saturated carbocycles. The number of methoxy groups -OCH3 is 1. The van der Waals surface area contributed by atoms with Gasteiger partial charge in [0.05, 0.1) is 31.0 Å². The van der Waals surface area contributed by atoms with E-state index in [-0.39, 0.29) is 30.6 Å². The van der Waals surface area contributed by atoms with Crippen molar-refractivity contribution in [2.75, 3.05) is 38.7 Å². The molecule has 3 atom stereocenters. The van der Waals surface area contributed by atoms with Crippen molar-refractivity contribution in [3.05, 3.63) is 83.9 Å². The maximum absolute atomic E-state index is 13.3. The number of aliphatic hydroxyl groups excluding tert-OH is 1. The molecule has 2 saturated heterocycles. The summed E-state index contributed by atoms with van der Waals surface area (Å²) in [4.78, 5) is 17.5. The molecular formula is C30H32N4O3. The predicted octanol–water partition coefficient (Wildman–Crippen LogP) is 4.69. The summed E-state index contributed by atoms with van der Waals surface area (Å²) in [5.41, 5.74) is 4.50. The van der Waals surface area contributed by atoms with Gasteiger partial charge in [-0.05, 0) is 60.3 Å². The Morgan fingerprint density at radius 2 is 1.84 bits per heavy atom. The molecule has 2 amide bonds. The van der Waals surface area contributed by atoms with Crippen LogP contribution >= 0.6 is 0 Å². The van der Waals surface area contributed by atoms with Gasteiger partial charge in [0, 0.05) is 31.1 Å². The highest BCUT2D eigenvalue weighted by atomic mass is 16.5. The van der Waals surface area contributed by atoms with E-state index in [2.05, 4.69) is 40.6 Å². The van der Waals surface area contributed by atoms with Gasteiger partial charge in [-0.3, -0.25) is 4.90 Å². The average Bonchev–Trinajstić information content (AvgIpc) is 2.92. The van der Waals surface area contributed by atoms with Crippen LogP contribution in [-0.4, -0.2) is 66.4 Å². The number of fused-ring (bicyclic) bond motifs is 1. The summed E-state index contributed by atoms with van der Waals surface area (Å²) >= 11 is 0. The summed E-state index contributed by atoms with van der Waals surface area (Å²) in [5, 5.41) is 22.5. The lowest BCUT2D eigenvalue weighted by Crippen LogP contribution is -2.68. The third kappa shape index (κ3) is 5.04. The summed E-state index contributed by atoms with van der Waals surface area (Å²) in [5.74, 6) is 0.760. The van der Waals surface area contributed by atoms with Gasteiger partial charge in [-0.2, -0.15) is 5.26 Å². The van der Waals surface area contributed by atoms with Crippen LogP contribution in [0.3, 0.4) is 0 Å². The first-order chi connectivity index (χ1) is 18.1. The van der Waals surface area contributed by atoms with Crippen molar-refractivity contribution in [2.45, 2.75) is 30.8 Å². The van der Waals surface area contributed by atoms with Gasteiger partial charge in [0.15, 0.2) is 0 Å². The number of carbonyl (C=O) groups excluding carboxylic acids is 1. The fourth-order valence-electron chi connectivity index (χ4n) is 5.73. The fraction of sp³-hybridized carbons (Fsp3) is 0.333. The molecule has 0 bridgehead atoms. The third-order valence-corrected chi connectivity index (χ3v) is 7.63. The Balaban J connectivity index is 1.35. The van der Waals surface area contributed by atoms with Gasteiger partial charge < -0.3 is 20.1 Å². The fourth-order valence-corrected chi connectivity index (χ4v) is 5.73. The number of nitrogens with zero attached hydrogens (tertiary/aromatic N) is 3. The minimum Gasteiger partial charge on any atom is -0.495 e. The standard InChI is InChI=1S/C30H32N4O3/c1-37-28-10-3-2-9-25(28)32-30(36)33-15-4-5-16-34-26(19-33)29(27(34)20-35)23-13-11-22(12-14-23)24-8-6-7-21(17-24)18-31/h2-3,6-14,17,26-27,29,35H,4-5,15-16,19-20H2,1H3,(H,32,36)/t26-,27-,29-/m1/s1. The first-order valence-electron chi connectivity index (χ1n) is 12.8. The van der Waals surface area contributed by atoms with Crippen molar-refractivity contribution in [3.63, 3.8) is 0 Å². The van der Waals surface area contributed by atoms with E-state index in [0.29, 0.717) is 30.1 Å². The number of urea groups is 1. The average molecular weight is 497 g/mol. The molecule has 3 aromatic rings. The minimum atomic E-state index is -0.134. The molecule has 5 rings (SSSR count). The molecule has 190 valence electrons. The monoisotopic (exact) mass is 496 g/mol. The van der Waals surface area contributed by atoms with Crippen molar-refractivity contribution in [3.8, 4) is 22.9 Å². The van der Waals surface area contributed by atoms with Crippen LogP contribution in [0.25, 0.3) is 11.1 Å². The number of rotatable bonds is 5. The molecule has 2 heterocycles. The zero-order valence-electron chi connectivity index (χ0n) is 21.0. The molecule has 7 nitrogen and oxygen atoms in total. The highest BCUT2D eigenvalue weighted by Crippen LogP contribution is 2.42. The number of benzene rings is 3. The zero-order chi connectivity index (χ0) is 25.8. The molecule has 0 aliphatic carbocycles. The van der Waals surface area contributed by atoms with Crippen LogP contribution in [0.1, 0.15) is 29.9 Å². The van der Waals surface area contributed by atoms with Crippen molar-refractivity contribution in [1.82, 2.24) is 9.80 Å². The molecule has 0 spiro atoms. The van der Waals surface area contributed by atoms with Crippen molar-refractivity contribution in [1.29, 1.82) is 5.26 Å². The summed E-state index contributed by atoms with van der Waals surface area (Å²) < 4.78 is 5.40. The number of carbonyl (C=O) groups is 1. The Labute approximate surface area is 217 Å². The molecule has 3 aromatic carbocycles. The first-order valence-corrected chi connectivity index (χ1v) is 12.8. The smallest absolute Gasteiger partial charge is 0.322 e. The summed E-state index contributed by atoms with van der Waals surface area (Å²) in [6, 6.07) is 25.7. The topological polar surface area (TPSA) is 88.8 Å². The highest BCUT2D eigenvalue weighted by molar-refractivity contribution is 5.91. The predicted molar refractivity (Wildman–Crippen MR) is 144 cm³/mol. The number of aliphatic hydroxyl groups is 1. The van der Waals surface area contributed by atoms with Crippen LogP contribution in [-0.2, 0) is 0 Å². The van der Waals surface area contributed by atoms with Crippen LogP contribution in [0, 0.1) is 11.3 Å². The van der Waals surface area contributed by atoms with E-state index in [9.17, 15) is 15.2 Å². The van der Waals surface area contributed by atoms with Crippen molar-refractivity contribution >= 4 is 11.7 Å². The molecule has 0 unspecified atom stereocenters. The largest absolute Gasteiger partial charge is 0.495 e. The van der Waals surface area contributed by atoms with E-state index in [1.54, 1.807) is 13.2 Å². The van der Waals surface area contributed by atoms with Gasteiger partial charge in [-0.25, -0.2) is 4.79 Å². The van der Waals surface area contributed by atoms with Gasteiger partial charge in [-0.15, -0.1) is 0 Å². The number of nitriles is 1. The SMILES string of the molecule is COc1ccccc1NC(=O)N1CCCCN2[C@H](CO)[C@H](c3ccc(-c4cccc(C#N)c4)cc3)[C@H]2C1. The van der Waals surface area contributed by atoms with Gasteiger partial charge >= 0.3 is 6.03 Å². The number of hydrogen-bond acceptors (Lipinski definition) is 5. The zero-order valence-corrected chi connectivity index (χ0v) is 21.0. The number of para-hydroxylation sites is 2. The maximum atomic E-state index is 13.3. The summed E-state index contributed by atoms with van der Waals surface area (Å²) in [6.45, 7) is 2.29. The Morgan fingerprint density at radius 1 is 1.05 bits per heavy atom. The van der Waals surface area contributed by atoms with Crippen LogP contribution < -0.4 is 10.1 Å². The van der Waals surface area contributed by atoms with E-state index >= 15 is 0 Å². The lowest BCUT2D eigenvalue weighted by molar-refractivity contribution is -0.0585. The molecule has 0 radical (unpaired) electrons.